The first kappa shape index (κ1) is 11.2. The molecule has 0 bridgehead atoms. The molecule has 0 aliphatic rings. The molecule has 1 aromatic carbocycles. The van der Waals surface area contributed by atoms with Crippen LogP contribution in [0.3, 0.4) is 0 Å². The normalized spacial score (nSPS) is 10.0. The maximum atomic E-state index is 10.9. The predicted octanol–water partition coefficient (Wildman–Crippen LogP) is 1.45. The predicted molar refractivity (Wildman–Crippen MR) is 63.4 cm³/mol. The third-order valence-electron chi connectivity index (χ3n) is 2.36. The molecular formula is C12H12N2O3. The fourth-order valence-corrected chi connectivity index (χ4v) is 1.50. The third-order valence-corrected chi connectivity index (χ3v) is 2.36. The third kappa shape index (κ3) is 2.28. The Kier molecular flexibility index (Phi) is 3.09. The van der Waals surface area contributed by atoms with E-state index in [1.54, 1.807) is 32.4 Å². The quantitative estimate of drug-likeness (QED) is 0.870. The van der Waals surface area contributed by atoms with Gasteiger partial charge in [0, 0.05) is 11.6 Å². The van der Waals surface area contributed by atoms with Crippen LogP contribution in [0.1, 0.15) is 0 Å². The van der Waals surface area contributed by atoms with Gasteiger partial charge in [-0.05, 0) is 24.3 Å². The molecule has 0 amide bonds. The summed E-state index contributed by atoms with van der Waals surface area (Å²) in [6.07, 6.45) is 0. The van der Waals surface area contributed by atoms with Crippen LogP contribution in [0.4, 0.5) is 0 Å². The Labute approximate surface area is 98.0 Å². The molecule has 0 atom stereocenters. The molecule has 2 rings (SSSR count). The number of rotatable bonds is 3. The molecule has 0 spiro atoms. The Morgan fingerprint density at radius 2 is 1.82 bits per heavy atom. The molecule has 5 heteroatoms. The molecule has 0 fully saturated rings. The van der Waals surface area contributed by atoms with Crippen LogP contribution in [0.25, 0.3) is 11.3 Å². The first-order valence-electron chi connectivity index (χ1n) is 5.02. The smallest absolute Gasteiger partial charge is 0.264 e. The summed E-state index contributed by atoms with van der Waals surface area (Å²) in [7, 11) is 3.15. The molecule has 0 saturated heterocycles. The summed E-state index contributed by atoms with van der Waals surface area (Å²) < 4.78 is 10.3. The number of methoxy groups -OCH3 is 2. The molecule has 1 heterocycles. The minimum absolute atomic E-state index is 0.228. The highest BCUT2D eigenvalue weighted by atomic mass is 16.5. The lowest BCUT2D eigenvalue weighted by molar-refractivity contribution is 0.355. The molecule has 0 unspecified atom stereocenters. The van der Waals surface area contributed by atoms with Gasteiger partial charge in [0.05, 0.1) is 19.9 Å². The van der Waals surface area contributed by atoms with E-state index in [4.69, 9.17) is 9.47 Å². The average Bonchev–Trinajstić information content (AvgIpc) is 2.39. The summed E-state index contributed by atoms with van der Waals surface area (Å²) in [5, 5.41) is 6.33. The Bertz CT molecular complexity index is 558. The highest BCUT2D eigenvalue weighted by Crippen LogP contribution is 2.30. The van der Waals surface area contributed by atoms with E-state index >= 15 is 0 Å². The highest BCUT2D eigenvalue weighted by Gasteiger charge is 2.06. The maximum Gasteiger partial charge on any atom is 0.264 e. The zero-order chi connectivity index (χ0) is 12.3. The average molecular weight is 232 g/mol. The van der Waals surface area contributed by atoms with E-state index in [-0.39, 0.29) is 5.56 Å². The minimum Gasteiger partial charge on any atom is -0.493 e. The summed E-state index contributed by atoms with van der Waals surface area (Å²) in [6, 6.07) is 8.53. The highest BCUT2D eigenvalue weighted by molar-refractivity contribution is 5.63. The number of hydrogen-bond acceptors (Lipinski definition) is 4. The van der Waals surface area contributed by atoms with Crippen LogP contribution in [0, 0.1) is 0 Å². The van der Waals surface area contributed by atoms with Gasteiger partial charge in [0.15, 0.2) is 11.5 Å². The van der Waals surface area contributed by atoms with Crippen LogP contribution in [0.5, 0.6) is 11.5 Å². The Hall–Kier alpha value is -2.30. The molecule has 88 valence electrons. The molecule has 0 aliphatic carbocycles. The van der Waals surface area contributed by atoms with Gasteiger partial charge in [-0.1, -0.05) is 0 Å². The molecule has 0 radical (unpaired) electrons. The van der Waals surface area contributed by atoms with Crippen molar-refractivity contribution >= 4 is 0 Å². The van der Waals surface area contributed by atoms with Gasteiger partial charge in [0.25, 0.3) is 5.56 Å². The van der Waals surface area contributed by atoms with E-state index in [1.807, 2.05) is 6.07 Å². The molecule has 1 N–H and O–H groups in total. The van der Waals surface area contributed by atoms with Crippen molar-refractivity contribution in [2.24, 2.45) is 0 Å². The maximum absolute atomic E-state index is 10.9. The van der Waals surface area contributed by atoms with Gasteiger partial charge in [-0.15, -0.1) is 0 Å². The number of nitrogens with zero attached hydrogens (tertiary/aromatic N) is 1. The lowest BCUT2D eigenvalue weighted by atomic mass is 10.1. The van der Waals surface area contributed by atoms with Crippen molar-refractivity contribution in [3.63, 3.8) is 0 Å². The van der Waals surface area contributed by atoms with E-state index in [0.29, 0.717) is 17.2 Å². The van der Waals surface area contributed by atoms with Gasteiger partial charge in [-0.25, -0.2) is 5.10 Å². The zero-order valence-corrected chi connectivity index (χ0v) is 9.56. The molecule has 5 nitrogen and oxygen atoms in total. The van der Waals surface area contributed by atoms with Crippen LogP contribution in [0.15, 0.2) is 35.1 Å². The molecule has 0 aliphatic heterocycles. The number of benzene rings is 1. The summed E-state index contributed by atoms with van der Waals surface area (Å²) in [5.74, 6) is 1.28. The van der Waals surface area contributed by atoms with Gasteiger partial charge in [-0.3, -0.25) is 4.79 Å². The van der Waals surface area contributed by atoms with Crippen molar-refractivity contribution in [1.29, 1.82) is 0 Å². The molecule has 1 aromatic heterocycles. The van der Waals surface area contributed by atoms with Crippen molar-refractivity contribution in [3.8, 4) is 22.8 Å². The number of aromatic nitrogens is 2. The van der Waals surface area contributed by atoms with Crippen molar-refractivity contribution < 1.29 is 9.47 Å². The van der Waals surface area contributed by atoms with Gasteiger partial charge >= 0.3 is 0 Å². The van der Waals surface area contributed by atoms with Gasteiger partial charge in [0.1, 0.15) is 0 Å². The van der Waals surface area contributed by atoms with Gasteiger partial charge in [0.2, 0.25) is 0 Å². The second-order valence-electron chi connectivity index (χ2n) is 3.38. The van der Waals surface area contributed by atoms with E-state index < -0.39 is 0 Å². The van der Waals surface area contributed by atoms with Crippen LogP contribution in [-0.2, 0) is 0 Å². The van der Waals surface area contributed by atoms with E-state index in [9.17, 15) is 4.79 Å². The van der Waals surface area contributed by atoms with Crippen LogP contribution in [-0.4, -0.2) is 24.4 Å². The van der Waals surface area contributed by atoms with Crippen LogP contribution in [0.2, 0.25) is 0 Å². The van der Waals surface area contributed by atoms with E-state index in [0.717, 1.165) is 5.56 Å². The number of nitrogens with one attached hydrogen (secondary N) is 1. The largest absolute Gasteiger partial charge is 0.493 e. The number of aromatic amines is 1. The standard InChI is InChI=1S/C12H12N2O3/c1-16-10-5-3-8(7-11(10)17-2)9-4-6-12(15)14-13-9/h3-7H,1-2H3,(H,14,15). The molecular weight excluding hydrogens is 220 g/mol. The second kappa shape index (κ2) is 4.69. The van der Waals surface area contributed by atoms with Gasteiger partial charge < -0.3 is 9.47 Å². The van der Waals surface area contributed by atoms with Gasteiger partial charge in [-0.2, -0.15) is 5.10 Å². The summed E-state index contributed by atoms with van der Waals surface area (Å²) in [5.41, 5.74) is 1.29. The lowest BCUT2D eigenvalue weighted by Gasteiger charge is -2.08. The van der Waals surface area contributed by atoms with Crippen molar-refractivity contribution in [2.75, 3.05) is 14.2 Å². The Morgan fingerprint density at radius 3 is 2.41 bits per heavy atom. The molecule has 0 saturated carbocycles. The number of H-pyrrole nitrogens is 1. The Balaban J connectivity index is 2.46. The fourth-order valence-electron chi connectivity index (χ4n) is 1.50. The van der Waals surface area contributed by atoms with Crippen molar-refractivity contribution in [1.82, 2.24) is 10.2 Å². The van der Waals surface area contributed by atoms with Crippen LogP contribution < -0.4 is 15.0 Å². The van der Waals surface area contributed by atoms with E-state index in [2.05, 4.69) is 10.2 Å². The minimum atomic E-state index is -0.228. The number of hydrogen-bond donors (Lipinski definition) is 1. The molecule has 2 aromatic rings. The summed E-state index contributed by atoms with van der Waals surface area (Å²) >= 11 is 0. The number of ether oxygens (including phenoxy) is 2. The zero-order valence-electron chi connectivity index (χ0n) is 9.56. The van der Waals surface area contributed by atoms with Crippen molar-refractivity contribution in [2.45, 2.75) is 0 Å². The first-order valence-corrected chi connectivity index (χ1v) is 5.02. The molecule has 17 heavy (non-hydrogen) atoms. The summed E-state index contributed by atoms with van der Waals surface area (Å²) in [4.78, 5) is 10.9. The summed E-state index contributed by atoms with van der Waals surface area (Å²) in [6.45, 7) is 0. The fraction of sp³-hybridized carbons (Fsp3) is 0.167. The monoisotopic (exact) mass is 232 g/mol. The lowest BCUT2D eigenvalue weighted by Crippen LogP contribution is -2.05. The topological polar surface area (TPSA) is 64.2 Å². The Morgan fingerprint density at radius 1 is 1.06 bits per heavy atom. The van der Waals surface area contributed by atoms with E-state index in [1.165, 1.54) is 6.07 Å². The SMILES string of the molecule is COc1ccc(-c2ccc(=O)[nH]n2)cc1OC. The van der Waals surface area contributed by atoms with Crippen molar-refractivity contribution in [3.05, 3.63) is 40.7 Å². The second-order valence-corrected chi connectivity index (χ2v) is 3.38. The van der Waals surface area contributed by atoms with Crippen LogP contribution >= 0.6 is 0 Å². The first-order chi connectivity index (χ1) is 8.24.